The highest BCUT2D eigenvalue weighted by molar-refractivity contribution is 6.30. The molecule has 0 radical (unpaired) electrons. The van der Waals surface area contributed by atoms with E-state index in [-0.39, 0.29) is 0 Å². The van der Waals surface area contributed by atoms with Gasteiger partial charge >= 0.3 is 0 Å². The molecule has 6 heteroatoms. The van der Waals surface area contributed by atoms with Gasteiger partial charge in [-0.2, -0.15) is 0 Å². The van der Waals surface area contributed by atoms with Crippen molar-refractivity contribution in [3.8, 4) is 0 Å². The Morgan fingerprint density at radius 3 is 2.95 bits per heavy atom. The smallest absolute Gasteiger partial charge is 0.151 e. The van der Waals surface area contributed by atoms with Crippen LogP contribution in [0.2, 0.25) is 5.15 Å². The van der Waals surface area contributed by atoms with Gasteiger partial charge in [0.1, 0.15) is 5.82 Å². The van der Waals surface area contributed by atoms with E-state index in [2.05, 4.69) is 27.4 Å². The maximum Gasteiger partial charge on any atom is 0.151 e. The Labute approximate surface area is 117 Å². The molecule has 0 aliphatic heterocycles. The second-order valence-electron chi connectivity index (χ2n) is 4.59. The second-order valence-corrected chi connectivity index (χ2v) is 4.95. The van der Waals surface area contributed by atoms with Gasteiger partial charge in [-0.15, -0.1) is 0 Å². The molecular formula is C13H19ClN4O. The molecule has 0 spiro atoms. The summed E-state index contributed by atoms with van der Waals surface area (Å²) < 4.78 is 5.12. The van der Waals surface area contributed by atoms with E-state index in [4.69, 9.17) is 16.1 Å². The number of aryl methyl sites for hydroxylation is 2. The summed E-state index contributed by atoms with van der Waals surface area (Å²) in [6.45, 7) is 5.32. The van der Waals surface area contributed by atoms with Gasteiger partial charge in [0.05, 0.1) is 17.9 Å². The van der Waals surface area contributed by atoms with Crippen molar-refractivity contribution in [3.05, 3.63) is 34.2 Å². The van der Waals surface area contributed by atoms with Crippen molar-refractivity contribution in [1.29, 1.82) is 0 Å². The van der Waals surface area contributed by atoms with Gasteiger partial charge in [-0.3, -0.25) is 0 Å². The lowest BCUT2D eigenvalue weighted by Crippen LogP contribution is -2.12. The zero-order chi connectivity index (χ0) is 13.7. The van der Waals surface area contributed by atoms with Crippen LogP contribution < -0.4 is 5.32 Å². The zero-order valence-electron chi connectivity index (χ0n) is 11.3. The first kappa shape index (κ1) is 14.1. The van der Waals surface area contributed by atoms with Crippen molar-refractivity contribution >= 4 is 11.6 Å². The fourth-order valence-corrected chi connectivity index (χ4v) is 2.05. The van der Waals surface area contributed by atoms with Crippen molar-refractivity contribution in [2.75, 3.05) is 0 Å². The van der Waals surface area contributed by atoms with Crippen molar-refractivity contribution in [2.45, 2.75) is 46.2 Å². The van der Waals surface area contributed by atoms with Gasteiger partial charge in [0, 0.05) is 19.0 Å². The minimum Gasteiger partial charge on any atom is -0.360 e. The summed E-state index contributed by atoms with van der Waals surface area (Å²) in [5, 5.41) is 7.64. The number of nitrogens with zero attached hydrogens (tertiary/aromatic N) is 2. The number of hydrogen-bond acceptors (Lipinski definition) is 4. The Balaban J connectivity index is 1.83. The van der Waals surface area contributed by atoms with Crippen LogP contribution in [0.4, 0.5) is 0 Å². The molecule has 0 bridgehead atoms. The summed E-state index contributed by atoms with van der Waals surface area (Å²) in [6.07, 6.45) is 3.21. The van der Waals surface area contributed by atoms with E-state index in [1.165, 1.54) is 0 Å². The molecule has 0 amide bonds. The SMILES string of the molecule is CCCCc1nc(Cl)c(CNCc2cc(C)no2)[nH]1. The first-order chi connectivity index (χ1) is 9.19. The van der Waals surface area contributed by atoms with Crippen LogP contribution in [0.15, 0.2) is 10.6 Å². The maximum atomic E-state index is 6.09. The number of hydrogen-bond donors (Lipinski definition) is 2. The third-order valence-electron chi connectivity index (χ3n) is 2.82. The topological polar surface area (TPSA) is 66.7 Å². The van der Waals surface area contributed by atoms with Gasteiger partial charge in [0.25, 0.3) is 0 Å². The molecule has 2 rings (SSSR count). The van der Waals surface area contributed by atoms with Gasteiger partial charge < -0.3 is 14.8 Å². The van der Waals surface area contributed by atoms with Gasteiger partial charge in [-0.05, 0) is 13.3 Å². The van der Waals surface area contributed by atoms with Crippen LogP contribution in [0.5, 0.6) is 0 Å². The van der Waals surface area contributed by atoms with Crippen LogP contribution in [-0.2, 0) is 19.5 Å². The molecule has 0 saturated heterocycles. The summed E-state index contributed by atoms with van der Waals surface area (Å²) >= 11 is 6.09. The van der Waals surface area contributed by atoms with Gasteiger partial charge in [-0.25, -0.2) is 4.98 Å². The third kappa shape index (κ3) is 4.08. The fraction of sp³-hybridized carbons (Fsp3) is 0.538. The van der Waals surface area contributed by atoms with Crippen molar-refractivity contribution in [1.82, 2.24) is 20.4 Å². The summed E-state index contributed by atoms with van der Waals surface area (Å²) in [5.74, 6) is 1.78. The number of unbranched alkanes of at least 4 members (excludes halogenated alkanes) is 1. The second kappa shape index (κ2) is 6.73. The molecule has 5 nitrogen and oxygen atoms in total. The molecule has 19 heavy (non-hydrogen) atoms. The predicted molar refractivity (Wildman–Crippen MR) is 74.0 cm³/mol. The van der Waals surface area contributed by atoms with Crippen molar-refractivity contribution in [2.24, 2.45) is 0 Å². The minimum atomic E-state index is 0.548. The molecule has 2 N–H and O–H groups in total. The molecular weight excluding hydrogens is 264 g/mol. The Morgan fingerprint density at radius 2 is 2.26 bits per heavy atom. The molecule has 0 fully saturated rings. The molecule has 0 atom stereocenters. The number of H-pyrrole nitrogens is 1. The molecule has 0 aromatic carbocycles. The Hall–Kier alpha value is -1.33. The highest BCUT2D eigenvalue weighted by Crippen LogP contribution is 2.14. The standard InChI is InChI=1S/C13H19ClN4O/c1-3-4-5-12-16-11(13(14)17-12)8-15-7-10-6-9(2)18-19-10/h6,15H,3-5,7-8H2,1-2H3,(H,16,17). The van der Waals surface area contributed by atoms with Gasteiger partial charge in [-0.1, -0.05) is 30.1 Å². The van der Waals surface area contributed by atoms with Crippen LogP contribution in [-0.4, -0.2) is 15.1 Å². The van der Waals surface area contributed by atoms with Crippen LogP contribution in [0.1, 0.15) is 42.7 Å². The fourth-order valence-electron chi connectivity index (χ4n) is 1.83. The van der Waals surface area contributed by atoms with E-state index in [9.17, 15) is 0 Å². The molecule has 2 heterocycles. The largest absolute Gasteiger partial charge is 0.360 e. The van der Waals surface area contributed by atoms with E-state index < -0.39 is 0 Å². The maximum absolute atomic E-state index is 6.09. The summed E-state index contributed by atoms with van der Waals surface area (Å²) in [5.41, 5.74) is 1.81. The summed E-state index contributed by atoms with van der Waals surface area (Å²) in [7, 11) is 0. The number of rotatable bonds is 7. The van der Waals surface area contributed by atoms with Crippen LogP contribution in [0.3, 0.4) is 0 Å². The highest BCUT2D eigenvalue weighted by Gasteiger charge is 2.08. The quantitative estimate of drug-likeness (QED) is 0.819. The average molecular weight is 283 g/mol. The van der Waals surface area contributed by atoms with Crippen molar-refractivity contribution < 1.29 is 4.52 Å². The van der Waals surface area contributed by atoms with Gasteiger partial charge in [0.15, 0.2) is 10.9 Å². The zero-order valence-corrected chi connectivity index (χ0v) is 12.0. The normalized spacial score (nSPS) is 11.1. The number of imidazole rings is 1. The van der Waals surface area contributed by atoms with E-state index in [1.807, 2.05) is 13.0 Å². The number of halogens is 1. The molecule has 0 aliphatic rings. The predicted octanol–water partition coefficient (Wildman–Crippen LogP) is 2.99. The number of nitrogens with one attached hydrogen (secondary N) is 2. The van der Waals surface area contributed by atoms with E-state index in [0.717, 1.165) is 42.2 Å². The molecule has 104 valence electrons. The number of aromatic nitrogens is 3. The molecule has 0 aliphatic carbocycles. The Kier molecular flexibility index (Phi) is 4.99. The Bertz CT molecular complexity index is 520. The lowest BCUT2D eigenvalue weighted by Gasteiger charge is -2.00. The van der Waals surface area contributed by atoms with Crippen LogP contribution in [0, 0.1) is 6.92 Å². The van der Waals surface area contributed by atoms with E-state index in [1.54, 1.807) is 0 Å². The van der Waals surface area contributed by atoms with Crippen LogP contribution in [0.25, 0.3) is 0 Å². The molecule has 2 aromatic rings. The minimum absolute atomic E-state index is 0.548. The van der Waals surface area contributed by atoms with Crippen LogP contribution >= 0.6 is 11.6 Å². The number of aromatic amines is 1. The first-order valence-electron chi connectivity index (χ1n) is 6.55. The lowest BCUT2D eigenvalue weighted by atomic mass is 10.2. The van der Waals surface area contributed by atoms with Crippen molar-refractivity contribution in [3.63, 3.8) is 0 Å². The highest BCUT2D eigenvalue weighted by atomic mass is 35.5. The third-order valence-corrected chi connectivity index (χ3v) is 3.13. The van der Waals surface area contributed by atoms with E-state index in [0.29, 0.717) is 18.2 Å². The molecule has 0 unspecified atom stereocenters. The summed E-state index contributed by atoms with van der Waals surface area (Å²) in [4.78, 5) is 7.57. The van der Waals surface area contributed by atoms with E-state index >= 15 is 0 Å². The lowest BCUT2D eigenvalue weighted by molar-refractivity contribution is 0.369. The Morgan fingerprint density at radius 1 is 1.42 bits per heavy atom. The summed E-state index contributed by atoms with van der Waals surface area (Å²) in [6, 6.07) is 1.91. The molecule has 0 saturated carbocycles. The monoisotopic (exact) mass is 282 g/mol. The first-order valence-corrected chi connectivity index (χ1v) is 6.93. The molecule has 2 aromatic heterocycles. The van der Waals surface area contributed by atoms with Gasteiger partial charge in [0.2, 0.25) is 0 Å². The average Bonchev–Trinajstić information content (AvgIpc) is 2.94.